The number of pyridine rings is 1. The van der Waals surface area contributed by atoms with E-state index in [1.165, 1.54) is 6.33 Å². The molecule has 0 unspecified atom stereocenters. The molecule has 0 amide bonds. The van der Waals surface area contributed by atoms with Gasteiger partial charge in [0.25, 0.3) is 0 Å². The fourth-order valence-electron chi connectivity index (χ4n) is 3.87. The van der Waals surface area contributed by atoms with Crippen LogP contribution in [0.1, 0.15) is 5.69 Å². The van der Waals surface area contributed by atoms with Crippen LogP contribution in [0.3, 0.4) is 0 Å². The van der Waals surface area contributed by atoms with Gasteiger partial charge in [0.15, 0.2) is 0 Å². The van der Waals surface area contributed by atoms with Gasteiger partial charge >= 0.3 is 0 Å². The molecule has 2 aromatic carbocycles. The summed E-state index contributed by atoms with van der Waals surface area (Å²) in [6.07, 6.45) is 3.27. The maximum Gasteiger partial charge on any atom is 0.145 e. The number of hydrogen-bond donors (Lipinski definition) is 1. The summed E-state index contributed by atoms with van der Waals surface area (Å²) in [7, 11) is 0. The van der Waals surface area contributed by atoms with Gasteiger partial charge < -0.3 is 19.5 Å². The average molecular weight is 492 g/mol. The summed E-state index contributed by atoms with van der Waals surface area (Å²) in [6, 6.07) is 17.1. The summed E-state index contributed by atoms with van der Waals surface area (Å²) in [5.74, 6) is 1.97. The summed E-state index contributed by atoms with van der Waals surface area (Å²) < 4.78 is 17.4. The molecule has 9 heteroatoms. The Bertz CT molecular complexity index is 1260. The van der Waals surface area contributed by atoms with E-state index in [2.05, 4.69) is 25.2 Å². The monoisotopic (exact) mass is 491 g/mol. The lowest BCUT2D eigenvalue weighted by Crippen LogP contribution is -2.38. The molecule has 0 saturated carbocycles. The molecule has 1 saturated heterocycles. The van der Waals surface area contributed by atoms with Crippen LogP contribution in [0.4, 0.5) is 11.5 Å². The smallest absolute Gasteiger partial charge is 0.145 e. The van der Waals surface area contributed by atoms with Gasteiger partial charge in [-0.25, -0.2) is 9.97 Å². The largest absolute Gasteiger partial charge is 0.491 e. The summed E-state index contributed by atoms with van der Waals surface area (Å²) in [5, 5.41) is 4.67. The molecule has 0 radical (unpaired) electrons. The predicted molar refractivity (Wildman–Crippen MR) is 136 cm³/mol. The Kier molecular flexibility index (Phi) is 7.53. The SMILES string of the molecule is Clc1cc(Nc2ncnc3cccc(OCCN4CCOCC4)c23)ccc1OCc1ccccn1. The van der Waals surface area contributed by atoms with E-state index in [1.807, 2.05) is 54.6 Å². The van der Waals surface area contributed by atoms with Crippen LogP contribution in [-0.4, -0.2) is 59.3 Å². The molecule has 35 heavy (non-hydrogen) atoms. The van der Waals surface area contributed by atoms with Gasteiger partial charge in [0.05, 0.1) is 34.8 Å². The number of rotatable bonds is 9. The molecular weight excluding hydrogens is 466 g/mol. The summed E-state index contributed by atoms with van der Waals surface area (Å²) in [4.78, 5) is 15.5. The average Bonchev–Trinajstić information content (AvgIpc) is 2.90. The number of aromatic nitrogens is 3. The second kappa shape index (κ2) is 11.3. The second-order valence-corrected chi connectivity index (χ2v) is 8.46. The lowest BCUT2D eigenvalue weighted by atomic mass is 10.2. The minimum Gasteiger partial charge on any atom is -0.491 e. The molecule has 1 aliphatic heterocycles. The van der Waals surface area contributed by atoms with Crippen molar-refractivity contribution in [2.75, 3.05) is 44.8 Å². The van der Waals surface area contributed by atoms with Crippen LogP contribution >= 0.6 is 11.6 Å². The molecule has 0 atom stereocenters. The molecule has 0 spiro atoms. The molecule has 0 aliphatic carbocycles. The highest BCUT2D eigenvalue weighted by Crippen LogP contribution is 2.34. The topological polar surface area (TPSA) is 81.6 Å². The fraction of sp³-hybridized carbons (Fsp3) is 0.269. The number of fused-ring (bicyclic) bond motifs is 1. The van der Waals surface area contributed by atoms with Crippen LogP contribution in [0.25, 0.3) is 10.9 Å². The third-order valence-electron chi connectivity index (χ3n) is 5.69. The normalized spacial score (nSPS) is 14.1. The van der Waals surface area contributed by atoms with Crippen molar-refractivity contribution in [1.82, 2.24) is 19.9 Å². The van der Waals surface area contributed by atoms with E-state index >= 15 is 0 Å². The van der Waals surface area contributed by atoms with Crippen molar-refractivity contribution in [3.05, 3.63) is 77.8 Å². The van der Waals surface area contributed by atoms with Crippen molar-refractivity contribution >= 4 is 34.0 Å². The highest BCUT2D eigenvalue weighted by molar-refractivity contribution is 6.32. The Hall–Kier alpha value is -3.46. The van der Waals surface area contributed by atoms with Crippen molar-refractivity contribution in [2.45, 2.75) is 6.61 Å². The van der Waals surface area contributed by atoms with Gasteiger partial charge in [0, 0.05) is 31.5 Å². The van der Waals surface area contributed by atoms with Gasteiger partial charge in [-0.3, -0.25) is 9.88 Å². The zero-order valence-electron chi connectivity index (χ0n) is 19.2. The van der Waals surface area contributed by atoms with Crippen LogP contribution in [0.15, 0.2) is 67.1 Å². The lowest BCUT2D eigenvalue weighted by Gasteiger charge is -2.26. The number of hydrogen-bond acceptors (Lipinski definition) is 8. The van der Waals surface area contributed by atoms with E-state index in [1.54, 1.807) is 6.20 Å². The van der Waals surface area contributed by atoms with Crippen LogP contribution in [0.5, 0.6) is 11.5 Å². The molecule has 1 N–H and O–H groups in total. The van der Waals surface area contributed by atoms with Gasteiger partial charge in [-0.15, -0.1) is 0 Å². The minimum atomic E-state index is 0.342. The predicted octanol–water partition coefficient (Wildman–Crippen LogP) is 4.71. The first-order valence-electron chi connectivity index (χ1n) is 11.5. The Morgan fingerprint density at radius 3 is 2.69 bits per heavy atom. The number of benzene rings is 2. The molecule has 4 aromatic rings. The third kappa shape index (κ3) is 5.97. The van der Waals surface area contributed by atoms with Gasteiger partial charge in [-0.1, -0.05) is 23.7 Å². The van der Waals surface area contributed by atoms with E-state index < -0.39 is 0 Å². The Labute approximate surface area is 208 Å². The van der Waals surface area contributed by atoms with Gasteiger partial charge in [0.2, 0.25) is 0 Å². The van der Waals surface area contributed by atoms with Crippen molar-refractivity contribution < 1.29 is 14.2 Å². The quantitative estimate of drug-likeness (QED) is 0.360. The first kappa shape index (κ1) is 23.3. The van der Waals surface area contributed by atoms with Crippen LogP contribution in [0.2, 0.25) is 5.02 Å². The first-order valence-corrected chi connectivity index (χ1v) is 11.9. The van der Waals surface area contributed by atoms with E-state index in [-0.39, 0.29) is 0 Å². The zero-order valence-corrected chi connectivity index (χ0v) is 19.9. The molecule has 1 fully saturated rings. The second-order valence-electron chi connectivity index (χ2n) is 8.05. The molecule has 8 nitrogen and oxygen atoms in total. The van der Waals surface area contributed by atoms with Crippen LogP contribution in [-0.2, 0) is 11.3 Å². The molecule has 3 heterocycles. The maximum atomic E-state index is 6.50. The lowest BCUT2D eigenvalue weighted by molar-refractivity contribution is 0.0323. The Morgan fingerprint density at radius 2 is 1.86 bits per heavy atom. The first-order chi connectivity index (χ1) is 17.3. The van der Waals surface area contributed by atoms with Gasteiger partial charge in [-0.05, 0) is 42.5 Å². The molecule has 0 bridgehead atoms. The summed E-state index contributed by atoms with van der Waals surface area (Å²) >= 11 is 6.50. The van der Waals surface area contributed by atoms with Gasteiger partial charge in [0.1, 0.15) is 36.9 Å². The van der Waals surface area contributed by atoms with Crippen LogP contribution in [0, 0.1) is 0 Å². The summed E-state index contributed by atoms with van der Waals surface area (Å²) in [6.45, 7) is 5.15. The highest BCUT2D eigenvalue weighted by Gasteiger charge is 2.14. The molecular formula is C26H26ClN5O3. The third-order valence-corrected chi connectivity index (χ3v) is 5.99. The number of ether oxygens (including phenoxy) is 3. The highest BCUT2D eigenvalue weighted by atomic mass is 35.5. The van der Waals surface area contributed by atoms with E-state index in [4.69, 9.17) is 25.8 Å². The molecule has 1 aliphatic rings. The maximum absolute atomic E-state index is 6.50. The van der Waals surface area contributed by atoms with Crippen molar-refractivity contribution in [2.24, 2.45) is 0 Å². The Morgan fingerprint density at radius 1 is 0.943 bits per heavy atom. The zero-order chi connectivity index (χ0) is 23.9. The molecule has 180 valence electrons. The number of morpholine rings is 1. The number of nitrogens with zero attached hydrogens (tertiary/aromatic N) is 4. The Balaban J connectivity index is 1.29. The van der Waals surface area contributed by atoms with Crippen molar-refractivity contribution in [3.8, 4) is 11.5 Å². The number of anilines is 2. The van der Waals surface area contributed by atoms with Gasteiger partial charge in [-0.2, -0.15) is 0 Å². The number of nitrogens with one attached hydrogen (secondary N) is 1. The standard InChI is InChI=1S/C26H26ClN5O3/c27-21-16-19(7-8-23(21)35-17-20-4-1-2-9-28-20)31-26-25-22(29-18-30-26)5-3-6-24(25)34-15-12-32-10-13-33-14-11-32/h1-9,16,18H,10-15,17H2,(H,29,30,31). The van der Waals surface area contributed by atoms with E-state index in [0.717, 1.165) is 60.9 Å². The van der Waals surface area contributed by atoms with E-state index in [9.17, 15) is 0 Å². The number of halogens is 1. The summed E-state index contributed by atoms with van der Waals surface area (Å²) in [5.41, 5.74) is 2.41. The van der Waals surface area contributed by atoms with E-state index in [0.29, 0.717) is 29.8 Å². The minimum absolute atomic E-state index is 0.342. The van der Waals surface area contributed by atoms with Crippen molar-refractivity contribution in [3.63, 3.8) is 0 Å². The fourth-order valence-corrected chi connectivity index (χ4v) is 4.11. The molecule has 2 aromatic heterocycles. The van der Waals surface area contributed by atoms with Crippen molar-refractivity contribution in [1.29, 1.82) is 0 Å². The van der Waals surface area contributed by atoms with Crippen LogP contribution < -0.4 is 14.8 Å². The molecule has 5 rings (SSSR count).